The molecule has 0 fully saturated rings. The Hall–Kier alpha value is -1.03. The van der Waals surface area contributed by atoms with Crippen LogP contribution in [0.2, 0.25) is 0 Å². The molecule has 16 heavy (non-hydrogen) atoms. The lowest BCUT2D eigenvalue weighted by molar-refractivity contribution is -0.142. The van der Waals surface area contributed by atoms with E-state index in [1.165, 1.54) is 5.56 Å². The summed E-state index contributed by atoms with van der Waals surface area (Å²) in [5, 5.41) is 9.02. The SMILES string of the molecule is COc1cc(Br)c2c(c1)CCC(C(=O)O)C2. The van der Waals surface area contributed by atoms with Gasteiger partial charge in [-0.2, -0.15) is 0 Å². The highest BCUT2D eigenvalue weighted by atomic mass is 79.9. The molecule has 3 nitrogen and oxygen atoms in total. The second-order valence-corrected chi connectivity index (χ2v) is 4.88. The molecule has 0 aromatic heterocycles. The van der Waals surface area contributed by atoms with Gasteiger partial charge in [0.25, 0.3) is 0 Å². The van der Waals surface area contributed by atoms with E-state index in [0.717, 1.165) is 22.2 Å². The molecule has 0 saturated carbocycles. The van der Waals surface area contributed by atoms with E-state index in [-0.39, 0.29) is 5.92 Å². The zero-order valence-electron chi connectivity index (χ0n) is 9.00. The molecule has 86 valence electrons. The predicted octanol–water partition coefficient (Wildman–Crippen LogP) is 2.65. The molecule has 1 N–H and O–H groups in total. The van der Waals surface area contributed by atoms with Gasteiger partial charge in [-0.05, 0) is 42.5 Å². The van der Waals surface area contributed by atoms with Gasteiger partial charge in [0.15, 0.2) is 0 Å². The first-order valence-electron chi connectivity index (χ1n) is 5.20. The van der Waals surface area contributed by atoms with Crippen LogP contribution in [0.15, 0.2) is 16.6 Å². The van der Waals surface area contributed by atoms with Gasteiger partial charge in [0.05, 0.1) is 13.0 Å². The number of hydrogen-bond acceptors (Lipinski definition) is 2. The van der Waals surface area contributed by atoms with Gasteiger partial charge in [-0.15, -0.1) is 0 Å². The van der Waals surface area contributed by atoms with Crippen LogP contribution in [0.3, 0.4) is 0 Å². The third-order valence-electron chi connectivity index (χ3n) is 3.06. The Morgan fingerprint density at radius 3 is 2.94 bits per heavy atom. The van der Waals surface area contributed by atoms with Crippen LogP contribution >= 0.6 is 15.9 Å². The van der Waals surface area contributed by atoms with Gasteiger partial charge in [-0.25, -0.2) is 0 Å². The third kappa shape index (κ3) is 2.07. The fourth-order valence-electron chi connectivity index (χ4n) is 2.12. The monoisotopic (exact) mass is 284 g/mol. The van der Waals surface area contributed by atoms with Gasteiger partial charge in [0.2, 0.25) is 0 Å². The van der Waals surface area contributed by atoms with Crippen molar-refractivity contribution >= 4 is 21.9 Å². The Bertz CT molecular complexity index is 429. The van der Waals surface area contributed by atoms with E-state index in [9.17, 15) is 4.79 Å². The number of ether oxygens (including phenoxy) is 1. The maximum absolute atomic E-state index is 11.0. The predicted molar refractivity (Wildman–Crippen MR) is 63.8 cm³/mol. The molecule has 1 unspecified atom stereocenters. The summed E-state index contributed by atoms with van der Waals surface area (Å²) >= 11 is 3.48. The summed E-state index contributed by atoms with van der Waals surface area (Å²) in [7, 11) is 1.64. The molecule has 0 aliphatic heterocycles. The number of halogens is 1. The molecule has 1 atom stereocenters. The van der Waals surface area contributed by atoms with Crippen LogP contribution < -0.4 is 4.74 Å². The average Bonchev–Trinajstić information content (AvgIpc) is 2.28. The third-order valence-corrected chi connectivity index (χ3v) is 3.77. The minimum Gasteiger partial charge on any atom is -0.497 e. The summed E-state index contributed by atoms with van der Waals surface area (Å²) in [6.07, 6.45) is 2.12. The van der Waals surface area contributed by atoms with Crippen molar-refractivity contribution in [2.45, 2.75) is 19.3 Å². The number of carboxylic acids is 1. The number of carbonyl (C=O) groups is 1. The minimum atomic E-state index is -0.701. The van der Waals surface area contributed by atoms with Crippen LogP contribution in [0.4, 0.5) is 0 Å². The van der Waals surface area contributed by atoms with E-state index in [4.69, 9.17) is 9.84 Å². The topological polar surface area (TPSA) is 46.5 Å². The van der Waals surface area contributed by atoms with Gasteiger partial charge in [-0.1, -0.05) is 15.9 Å². The Morgan fingerprint density at radius 2 is 2.31 bits per heavy atom. The summed E-state index contributed by atoms with van der Waals surface area (Å²) in [6.45, 7) is 0. The molecular formula is C12H13BrO3. The average molecular weight is 285 g/mol. The highest BCUT2D eigenvalue weighted by molar-refractivity contribution is 9.10. The molecule has 0 saturated heterocycles. The van der Waals surface area contributed by atoms with Crippen molar-refractivity contribution < 1.29 is 14.6 Å². The lowest BCUT2D eigenvalue weighted by Gasteiger charge is -2.23. The zero-order chi connectivity index (χ0) is 11.7. The Labute approximate surface area is 103 Å². The molecule has 2 rings (SSSR count). The van der Waals surface area contributed by atoms with Crippen LogP contribution in [0, 0.1) is 5.92 Å². The first kappa shape index (κ1) is 11.5. The summed E-state index contributed by atoms with van der Waals surface area (Å²) in [5.41, 5.74) is 2.31. The van der Waals surface area contributed by atoms with Crippen LogP contribution in [0.1, 0.15) is 17.5 Å². The molecule has 1 aliphatic rings. The van der Waals surface area contributed by atoms with Gasteiger partial charge in [0, 0.05) is 4.47 Å². The largest absolute Gasteiger partial charge is 0.497 e. The molecule has 0 spiro atoms. The first-order chi connectivity index (χ1) is 7.61. The number of fused-ring (bicyclic) bond motifs is 1. The molecule has 0 amide bonds. The van der Waals surface area contributed by atoms with Crippen LogP contribution in [0.25, 0.3) is 0 Å². The lowest BCUT2D eigenvalue weighted by Crippen LogP contribution is -2.22. The first-order valence-corrected chi connectivity index (χ1v) is 5.99. The second-order valence-electron chi connectivity index (χ2n) is 4.02. The van der Waals surface area contributed by atoms with Crippen LogP contribution in [-0.2, 0) is 17.6 Å². The van der Waals surface area contributed by atoms with Crippen LogP contribution in [0.5, 0.6) is 5.75 Å². The summed E-state index contributed by atoms with van der Waals surface area (Å²) < 4.78 is 6.14. The molecule has 0 bridgehead atoms. The molecule has 1 aromatic carbocycles. The quantitative estimate of drug-likeness (QED) is 0.908. The number of aliphatic carboxylic acids is 1. The number of aryl methyl sites for hydroxylation is 1. The Morgan fingerprint density at radius 1 is 1.56 bits per heavy atom. The number of benzene rings is 1. The van der Waals surface area contributed by atoms with Crippen molar-refractivity contribution in [3.05, 3.63) is 27.7 Å². The van der Waals surface area contributed by atoms with Crippen molar-refractivity contribution in [2.75, 3.05) is 7.11 Å². The van der Waals surface area contributed by atoms with E-state index in [2.05, 4.69) is 15.9 Å². The van der Waals surface area contributed by atoms with E-state index in [0.29, 0.717) is 12.8 Å². The normalized spacial score (nSPS) is 19.0. The van der Waals surface area contributed by atoms with E-state index >= 15 is 0 Å². The number of rotatable bonds is 2. The molecule has 1 aliphatic carbocycles. The standard InChI is InChI=1S/C12H13BrO3/c1-16-9-4-7-2-3-8(12(14)15)5-10(7)11(13)6-9/h4,6,8H,2-3,5H2,1H3,(H,14,15). The van der Waals surface area contributed by atoms with Gasteiger partial charge >= 0.3 is 5.97 Å². The highest BCUT2D eigenvalue weighted by Crippen LogP contribution is 2.34. The maximum atomic E-state index is 11.0. The van der Waals surface area contributed by atoms with Gasteiger partial charge < -0.3 is 9.84 Å². The molecule has 1 aromatic rings. The molecule has 0 radical (unpaired) electrons. The van der Waals surface area contributed by atoms with Crippen molar-refractivity contribution in [1.82, 2.24) is 0 Å². The van der Waals surface area contributed by atoms with Gasteiger partial charge in [0.1, 0.15) is 5.75 Å². The second kappa shape index (κ2) is 4.45. The summed E-state index contributed by atoms with van der Waals surface area (Å²) in [4.78, 5) is 11.0. The highest BCUT2D eigenvalue weighted by Gasteiger charge is 2.26. The van der Waals surface area contributed by atoms with E-state index < -0.39 is 5.97 Å². The number of methoxy groups -OCH3 is 1. The number of hydrogen-bond donors (Lipinski definition) is 1. The van der Waals surface area contributed by atoms with Crippen molar-refractivity contribution in [3.63, 3.8) is 0 Å². The van der Waals surface area contributed by atoms with Gasteiger partial charge in [-0.3, -0.25) is 4.79 Å². The smallest absolute Gasteiger partial charge is 0.306 e. The molecule has 4 heteroatoms. The fourth-order valence-corrected chi connectivity index (χ4v) is 2.77. The van der Waals surface area contributed by atoms with Crippen molar-refractivity contribution in [1.29, 1.82) is 0 Å². The van der Waals surface area contributed by atoms with E-state index in [1.807, 2.05) is 12.1 Å². The molecular weight excluding hydrogens is 272 g/mol. The van der Waals surface area contributed by atoms with Crippen molar-refractivity contribution in [2.24, 2.45) is 5.92 Å². The minimum absolute atomic E-state index is 0.253. The maximum Gasteiger partial charge on any atom is 0.306 e. The lowest BCUT2D eigenvalue weighted by atomic mass is 9.84. The zero-order valence-corrected chi connectivity index (χ0v) is 10.6. The Kier molecular flexibility index (Phi) is 3.19. The molecule has 0 heterocycles. The van der Waals surface area contributed by atoms with Crippen LogP contribution in [-0.4, -0.2) is 18.2 Å². The fraction of sp³-hybridized carbons (Fsp3) is 0.417. The summed E-state index contributed by atoms with van der Waals surface area (Å²) in [5.74, 6) is -0.134. The Balaban J connectivity index is 2.35. The van der Waals surface area contributed by atoms with E-state index in [1.54, 1.807) is 7.11 Å². The van der Waals surface area contributed by atoms with Crippen molar-refractivity contribution in [3.8, 4) is 5.75 Å². The number of carboxylic acid groups (broad SMARTS) is 1. The summed E-state index contributed by atoms with van der Waals surface area (Å²) in [6, 6.07) is 3.89.